The van der Waals surface area contributed by atoms with Gasteiger partial charge in [0.2, 0.25) is 0 Å². The molecule has 2 amide bonds. The van der Waals surface area contributed by atoms with Crippen molar-refractivity contribution in [2.75, 3.05) is 18.5 Å². The number of aryl methyl sites for hydroxylation is 1. The van der Waals surface area contributed by atoms with Crippen molar-refractivity contribution in [1.82, 2.24) is 0 Å². The summed E-state index contributed by atoms with van der Waals surface area (Å²) in [6, 6.07) is 6.40. The average molecular weight is 390 g/mol. The number of nitrogens with one attached hydrogen (secondary N) is 1. The number of para-hydroxylation sites is 1. The van der Waals surface area contributed by atoms with Crippen molar-refractivity contribution in [3.63, 3.8) is 0 Å². The first-order valence-electron chi connectivity index (χ1n) is 8.49. The number of hydrogen-bond donors (Lipinski definition) is 2. The fourth-order valence-corrected chi connectivity index (χ4v) is 3.76. The minimum Gasteiger partial charge on any atom is -0.483 e. The van der Waals surface area contributed by atoms with Crippen molar-refractivity contribution in [2.45, 2.75) is 27.2 Å². The molecule has 3 N–H and O–H groups in total. The minimum absolute atomic E-state index is 0.192. The van der Waals surface area contributed by atoms with E-state index >= 15 is 0 Å². The Morgan fingerprint density at radius 1 is 1.19 bits per heavy atom. The number of nitrogens with two attached hydrogens (primary N) is 1. The van der Waals surface area contributed by atoms with Gasteiger partial charge in [0.15, 0.2) is 6.61 Å². The SMILES string of the molecule is CCOC(=O)c1c(NC(=O)COc2ccccc2C(N)=O)sc(C)c1CC. The number of hydrogen-bond acceptors (Lipinski definition) is 6. The molecule has 2 aromatic rings. The Kier molecular flexibility index (Phi) is 6.95. The third kappa shape index (κ3) is 4.85. The van der Waals surface area contributed by atoms with E-state index in [1.54, 1.807) is 25.1 Å². The molecule has 7 nitrogen and oxygen atoms in total. The van der Waals surface area contributed by atoms with Crippen LogP contribution in [0.1, 0.15) is 45.0 Å². The zero-order chi connectivity index (χ0) is 20.0. The van der Waals surface area contributed by atoms with Crippen LogP contribution >= 0.6 is 11.3 Å². The predicted molar refractivity (Wildman–Crippen MR) is 103 cm³/mol. The highest BCUT2D eigenvalue weighted by atomic mass is 32.1. The van der Waals surface area contributed by atoms with E-state index in [9.17, 15) is 14.4 Å². The average Bonchev–Trinajstić information content (AvgIpc) is 2.95. The highest BCUT2D eigenvalue weighted by Crippen LogP contribution is 2.34. The van der Waals surface area contributed by atoms with Crippen molar-refractivity contribution in [3.8, 4) is 5.75 Å². The van der Waals surface area contributed by atoms with E-state index in [2.05, 4.69) is 5.32 Å². The van der Waals surface area contributed by atoms with Crippen molar-refractivity contribution in [1.29, 1.82) is 0 Å². The van der Waals surface area contributed by atoms with Crippen LogP contribution in [0.15, 0.2) is 24.3 Å². The van der Waals surface area contributed by atoms with Crippen LogP contribution in [0.3, 0.4) is 0 Å². The first kappa shape index (κ1) is 20.4. The van der Waals surface area contributed by atoms with Crippen molar-refractivity contribution in [2.24, 2.45) is 5.73 Å². The molecular formula is C19H22N2O5S. The van der Waals surface area contributed by atoms with E-state index in [4.69, 9.17) is 15.2 Å². The maximum Gasteiger partial charge on any atom is 0.341 e. The predicted octanol–water partition coefficient (Wildman–Crippen LogP) is 2.91. The van der Waals surface area contributed by atoms with E-state index in [1.807, 2.05) is 13.8 Å². The smallest absolute Gasteiger partial charge is 0.341 e. The van der Waals surface area contributed by atoms with Gasteiger partial charge < -0.3 is 20.5 Å². The number of rotatable bonds is 8. The van der Waals surface area contributed by atoms with Crippen LogP contribution in [-0.2, 0) is 16.0 Å². The lowest BCUT2D eigenvalue weighted by atomic mass is 10.1. The van der Waals surface area contributed by atoms with Crippen molar-refractivity contribution < 1.29 is 23.9 Å². The highest BCUT2D eigenvalue weighted by molar-refractivity contribution is 7.16. The van der Waals surface area contributed by atoms with Crippen LogP contribution < -0.4 is 15.8 Å². The fraction of sp³-hybridized carbons (Fsp3) is 0.316. The molecule has 27 heavy (non-hydrogen) atoms. The van der Waals surface area contributed by atoms with Crippen LogP contribution in [0.5, 0.6) is 5.75 Å². The number of esters is 1. The number of thiophene rings is 1. The fourth-order valence-electron chi connectivity index (χ4n) is 2.61. The summed E-state index contributed by atoms with van der Waals surface area (Å²) in [5.74, 6) is -1.34. The summed E-state index contributed by atoms with van der Waals surface area (Å²) in [7, 11) is 0. The van der Waals surface area contributed by atoms with E-state index in [-0.39, 0.29) is 24.5 Å². The second-order valence-corrected chi connectivity index (χ2v) is 6.84. The Labute approximate surface area is 161 Å². The summed E-state index contributed by atoms with van der Waals surface area (Å²) >= 11 is 1.32. The molecule has 1 aromatic heterocycles. The standard InChI is InChI=1S/C19H22N2O5S/c1-4-12-11(3)27-18(16(12)19(24)25-5-2)21-15(22)10-26-14-9-7-6-8-13(14)17(20)23/h6-9H,4-5,10H2,1-3H3,(H2,20,23)(H,21,22). The summed E-state index contributed by atoms with van der Waals surface area (Å²) in [5, 5.41) is 3.13. The van der Waals surface area contributed by atoms with Gasteiger partial charge in [-0.05, 0) is 38.0 Å². The zero-order valence-electron chi connectivity index (χ0n) is 15.5. The Hall–Kier alpha value is -2.87. The van der Waals surface area contributed by atoms with Crippen LogP contribution in [0, 0.1) is 6.92 Å². The molecule has 0 bridgehead atoms. The molecular weight excluding hydrogens is 368 g/mol. The molecule has 2 rings (SSSR count). The monoisotopic (exact) mass is 390 g/mol. The number of anilines is 1. The quantitative estimate of drug-likeness (QED) is 0.674. The van der Waals surface area contributed by atoms with Gasteiger partial charge in [0.05, 0.1) is 17.7 Å². The number of carbonyl (C=O) groups excluding carboxylic acids is 3. The van der Waals surface area contributed by atoms with Gasteiger partial charge in [0, 0.05) is 4.88 Å². The molecule has 0 saturated heterocycles. The second kappa shape index (κ2) is 9.18. The lowest BCUT2D eigenvalue weighted by molar-refractivity contribution is -0.118. The molecule has 0 saturated carbocycles. The summed E-state index contributed by atoms with van der Waals surface area (Å²) in [4.78, 5) is 36.9. The van der Waals surface area contributed by atoms with E-state index in [1.165, 1.54) is 17.4 Å². The molecule has 0 fully saturated rings. The molecule has 0 aliphatic heterocycles. The van der Waals surface area contributed by atoms with Gasteiger partial charge in [-0.25, -0.2) is 4.79 Å². The number of ether oxygens (including phenoxy) is 2. The van der Waals surface area contributed by atoms with Crippen LogP contribution in [0.2, 0.25) is 0 Å². The van der Waals surface area contributed by atoms with Gasteiger partial charge in [0.25, 0.3) is 11.8 Å². The second-order valence-electron chi connectivity index (χ2n) is 5.61. The van der Waals surface area contributed by atoms with Gasteiger partial charge in [-0.3, -0.25) is 9.59 Å². The van der Waals surface area contributed by atoms with Crippen LogP contribution in [0.25, 0.3) is 0 Å². The third-order valence-electron chi connectivity index (χ3n) is 3.81. The first-order chi connectivity index (χ1) is 12.9. The van der Waals surface area contributed by atoms with Crippen molar-refractivity contribution >= 4 is 34.1 Å². The van der Waals surface area contributed by atoms with Gasteiger partial charge in [0.1, 0.15) is 10.8 Å². The Bertz CT molecular complexity index is 860. The number of benzene rings is 1. The Morgan fingerprint density at radius 2 is 1.89 bits per heavy atom. The third-order valence-corrected chi connectivity index (χ3v) is 4.87. The molecule has 0 radical (unpaired) electrons. The largest absolute Gasteiger partial charge is 0.483 e. The molecule has 0 atom stereocenters. The normalized spacial score (nSPS) is 10.3. The summed E-state index contributed by atoms with van der Waals surface area (Å²) in [6.07, 6.45) is 0.648. The molecule has 1 aromatic carbocycles. The van der Waals surface area contributed by atoms with Gasteiger partial charge in [-0.1, -0.05) is 19.1 Å². The molecule has 1 heterocycles. The van der Waals surface area contributed by atoms with Gasteiger partial charge in [-0.2, -0.15) is 0 Å². The van der Waals surface area contributed by atoms with Gasteiger partial charge in [-0.15, -0.1) is 11.3 Å². The summed E-state index contributed by atoms with van der Waals surface area (Å²) in [6.45, 7) is 5.47. The first-order valence-corrected chi connectivity index (χ1v) is 9.31. The Balaban J connectivity index is 2.15. The lowest BCUT2D eigenvalue weighted by Gasteiger charge is -2.10. The Morgan fingerprint density at radius 3 is 2.52 bits per heavy atom. The number of primary amides is 1. The lowest BCUT2D eigenvalue weighted by Crippen LogP contribution is -2.22. The zero-order valence-corrected chi connectivity index (χ0v) is 16.3. The molecule has 0 aliphatic carbocycles. The highest BCUT2D eigenvalue weighted by Gasteiger charge is 2.23. The molecule has 0 aliphatic rings. The maximum absolute atomic E-state index is 12.3. The topological polar surface area (TPSA) is 108 Å². The molecule has 144 valence electrons. The van der Waals surface area contributed by atoms with Gasteiger partial charge >= 0.3 is 5.97 Å². The van der Waals surface area contributed by atoms with Crippen molar-refractivity contribution in [3.05, 3.63) is 45.8 Å². The molecule has 8 heteroatoms. The molecule has 0 unspecified atom stereocenters. The van der Waals surface area contributed by atoms with E-state index in [0.717, 1.165) is 10.4 Å². The summed E-state index contributed by atoms with van der Waals surface area (Å²) in [5.41, 5.74) is 6.72. The van der Waals surface area contributed by atoms with E-state index in [0.29, 0.717) is 17.0 Å². The number of amides is 2. The van der Waals surface area contributed by atoms with E-state index < -0.39 is 17.8 Å². The summed E-state index contributed by atoms with van der Waals surface area (Å²) < 4.78 is 10.5. The molecule has 0 spiro atoms. The van der Waals surface area contributed by atoms with Crippen LogP contribution in [-0.4, -0.2) is 31.0 Å². The minimum atomic E-state index is -0.642. The van der Waals surface area contributed by atoms with Crippen LogP contribution in [0.4, 0.5) is 5.00 Å². The number of carbonyl (C=O) groups is 3. The maximum atomic E-state index is 12.3.